The molecule has 4 aromatic carbocycles. The Kier molecular flexibility index (Phi) is 5.43. The van der Waals surface area contributed by atoms with Crippen molar-refractivity contribution in [2.45, 2.75) is 13.0 Å². The minimum atomic E-state index is -0.638. The van der Waals surface area contributed by atoms with E-state index in [4.69, 9.17) is 9.47 Å². The lowest BCUT2D eigenvalue weighted by molar-refractivity contribution is -0.122. The zero-order valence-corrected chi connectivity index (χ0v) is 16.0. The number of rotatable bonds is 6. The number of hydrogen-bond donors (Lipinski definition) is 1. The summed E-state index contributed by atoms with van der Waals surface area (Å²) in [5.74, 6) is 1.95. The first-order chi connectivity index (χ1) is 14.2. The number of hydrogen-bond acceptors (Lipinski definition) is 3. The molecule has 0 saturated heterocycles. The molecular weight excluding hydrogens is 362 g/mol. The minimum absolute atomic E-state index is 0.213. The number of para-hydroxylation sites is 1. The molecule has 1 N–H and O–H groups in total. The van der Waals surface area contributed by atoms with Crippen molar-refractivity contribution < 1.29 is 14.3 Å². The van der Waals surface area contributed by atoms with E-state index in [-0.39, 0.29) is 5.91 Å². The third-order valence-corrected chi connectivity index (χ3v) is 4.52. The van der Waals surface area contributed by atoms with E-state index < -0.39 is 6.10 Å². The van der Waals surface area contributed by atoms with Gasteiger partial charge in [-0.25, -0.2) is 0 Å². The summed E-state index contributed by atoms with van der Waals surface area (Å²) in [6.07, 6.45) is -0.638. The van der Waals surface area contributed by atoms with Crippen molar-refractivity contribution in [3.8, 4) is 17.2 Å². The summed E-state index contributed by atoms with van der Waals surface area (Å²) in [6, 6.07) is 30.6. The van der Waals surface area contributed by atoms with Crippen molar-refractivity contribution in [3.05, 3.63) is 97.1 Å². The van der Waals surface area contributed by atoms with Crippen LogP contribution in [0.4, 0.5) is 5.69 Å². The predicted octanol–water partition coefficient (Wildman–Crippen LogP) is 6.04. The summed E-state index contributed by atoms with van der Waals surface area (Å²) >= 11 is 0. The first kappa shape index (κ1) is 18.6. The van der Waals surface area contributed by atoms with Gasteiger partial charge in [0, 0.05) is 11.1 Å². The highest BCUT2D eigenvalue weighted by atomic mass is 16.5. The van der Waals surface area contributed by atoms with Crippen molar-refractivity contribution in [2.75, 3.05) is 5.32 Å². The number of amides is 1. The van der Waals surface area contributed by atoms with E-state index >= 15 is 0 Å². The van der Waals surface area contributed by atoms with Gasteiger partial charge in [-0.05, 0) is 54.8 Å². The fraction of sp³-hybridized carbons (Fsp3) is 0.0800. The number of fused-ring (bicyclic) bond motifs is 1. The summed E-state index contributed by atoms with van der Waals surface area (Å²) in [7, 11) is 0. The van der Waals surface area contributed by atoms with Crippen molar-refractivity contribution in [1.29, 1.82) is 0 Å². The van der Waals surface area contributed by atoms with E-state index in [2.05, 4.69) is 5.32 Å². The van der Waals surface area contributed by atoms with Crippen LogP contribution >= 0.6 is 0 Å². The average molecular weight is 383 g/mol. The standard InChI is InChI=1S/C25H21NO3/c1-18(28-24-13-7-9-19-8-5-6-12-23(19)24)25(27)26-20-14-16-22(17-15-20)29-21-10-3-2-4-11-21/h2-18H,1H3,(H,26,27). The monoisotopic (exact) mass is 383 g/mol. The Bertz CT molecular complexity index is 1100. The van der Waals surface area contributed by atoms with Gasteiger partial charge in [-0.1, -0.05) is 54.6 Å². The molecule has 1 atom stereocenters. The SMILES string of the molecule is CC(Oc1cccc2ccccc12)C(=O)Nc1ccc(Oc2ccccc2)cc1. The maximum Gasteiger partial charge on any atom is 0.265 e. The van der Waals surface area contributed by atoms with Crippen molar-refractivity contribution in [1.82, 2.24) is 0 Å². The second kappa shape index (κ2) is 8.48. The topological polar surface area (TPSA) is 47.6 Å². The van der Waals surface area contributed by atoms with Crippen LogP contribution in [-0.4, -0.2) is 12.0 Å². The molecule has 4 heteroatoms. The number of benzene rings is 4. The first-order valence-electron chi connectivity index (χ1n) is 9.47. The zero-order chi connectivity index (χ0) is 20.1. The number of carbonyl (C=O) groups is 1. The third kappa shape index (κ3) is 4.55. The van der Waals surface area contributed by atoms with Gasteiger partial charge in [0.25, 0.3) is 5.91 Å². The van der Waals surface area contributed by atoms with Gasteiger partial charge < -0.3 is 14.8 Å². The average Bonchev–Trinajstić information content (AvgIpc) is 2.76. The van der Waals surface area contributed by atoms with E-state index in [1.807, 2.05) is 84.9 Å². The fourth-order valence-electron chi connectivity index (χ4n) is 3.02. The molecule has 0 radical (unpaired) electrons. The van der Waals surface area contributed by atoms with Gasteiger partial charge in [0.1, 0.15) is 17.2 Å². The molecule has 0 aliphatic carbocycles. The lowest BCUT2D eigenvalue weighted by Crippen LogP contribution is -2.30. The fourth-order valence-corrected chi connectivity index (χ4v) is 3.02. The van der Waals surface area contributed by atoms with Crippen LogP contribution in [0.2, 0.25) is 0 Å². The molecule has 1 amide bonds. The molecule has 0 spiro atoms. The largest absolute Gasteiger partial charge is 0.480 e. The molecule has 0 aliphatic rings. The molecule has 4 rings (SSSR count). The summed E-state index contributed by atoms with van der Waals surface area (Å²) in [4.78, 5) is 12.6. The first-order valence-corrected chi connectivity index (χ1v) is 9.47. The van der Waals surface area contributed by atoms with E-state index in [0.29, 0.717) is 17.2 Å². The van der Waals surface area contributed by atoms with E-state index in [0.717, 1.165) is 16.5 Å². The Morgan fingerprint density at radius 3 is 2.21 bits per heavy atom. The summed E-state index contributed by atoms with van der Waals surface area (Å²) < 4.78 is 11.7. The highest BCUT2D eigenvalue weighted by Crippen LogP contribution is 2.26. The van der Waals surface area contributed by atoms with Crippen molar-refractivity contribution in [2.24, 2.45) is 0 Å². The Labute approximate surface area is 169 Å². The van der Waals surface area contributed by atoms with Gasteiger partial charge in [-0.3, -0.25) is 4.79 Å². The number of nitrogens with one attached hydrogen (secondary N) is 1. The van der Waals surface area contributed by atoms with Gasteiger partial charge in [0.15, 0.2) is 6.10 Å². The van der Waals surface area contributed by atoms with Gasteiger partial charge in [0.05, 0.1) is 0 Å². The Hall–Kier alpha value is -3.79. The van der Waals surface area contributed by atoms with Crippen LogP contribution in [0.1, 0.15) is 6.92 Å². The molecule has 0 aliphatic heterocycles. The second-order valence-electron chi connectivity index (χ2n) is 6.67. The molecule has 4 nitrogen and oxygen atoms in total. The Morgan fingerprint density at radius 1 is 0.759 bits per heavy atom. The van der Waals surface area contributed by atoms with Crippen LogP contribution in [0.15, 0.2) is 97.1 Å². The summed E-state index contributed by atoms with van der Waals surface area (Å²) in [5, 5.41) is 4.94. The van der Waals surface area contributed by atoms with Gasteiger partial charge in [0.2, 0.25) is 0 Å². The molecule has 0 aromatic heterocycles. The van der Waals surface area contributed by atoms with Crippen LogP contribution in [0.25, 0.3) is 10.8 Å². The second-order valence-corrected chi connectivity index (χ2v) is 6.67. The third-order valence-electron chi connectivity index (χ3n) is 4.52. The summed E-state index contributed by atoms with van der Waals surface area (Å²) in [6.45, 7) is 1.74. The molecule has 0 heterocycles. The normalized spacial score (nSPS) is 11.6. The molecular formula is C25H21NO3. The number of ether oxygens (including phenoxy) is 2. The highest BCUT2D eigenvalue weighted by Gasteiger charge is 2.16. The molecule has 4 aromatic rings. The van der Waals surface area contributed by atoms with E-state index in [9.17, 15) is 4.79 Å². The lowest BCUT2D eigenvalue weighted by atomic mass is 10.1. The highest BCUT2D eigenvalue weighted by molar-refractivity contribution is 5.95. The Morgan fingerprint density at radius 2 is 1.41 bits per heavy atom. The van der Waals surface area contributed by atoms with Gasteiger partial charge in [-0.2, -0.15) is 0 Å². The van der Waals surface area contributed by atoms with Crippen LogP contribution < -0.4 is 14.8 Å². The molecule has 0 saturated carbocycles. The predicted molar refractivity (Wildman–Crippen MR) is 116 cm³/mol. The van der Waals surface area contributed by atoms with Crippen LogP contribution in [0.5, 0.6) is 17.2 Å². The molecule has 144 valence electrons. The maximum atomic E-state index is 12.6. The quantitative estimate of drug-likeness (QED) is 0.442. The van der Waals surface area contributed by atoms with Crippen LogP contribution in [-0.2, 0) is 4.79 Å². The van der Waals surface area contributed by atoms with Crippen LogP contribution in [0.3, 0.4) is 0 Å². The smallest absolute Gasteiger partial charge is 0.265 e. The van der Waals surface area contributed by atoms with Crippen molar-refractivity contribution >= 4 is 22.4 Å². The zero-order valence-electron chi connectivity index (χ0n) is 16.0. The van der Waals surface area contributed by atoms with Gasteiger partial charge in [-0.15, -0.1) is 0 Å². The molecule has 0 fully saturated rings. The van der Waals surface area contributed by atoms with E-state index in [1.165, 1.54) is 0 Å². The van der Waals surface area contributed by atoms with Crippen molar-refractivity contribution in [3.63, 3.8) is 0 Å². The van der Waals surface area contributed by atoms with E-state index in [1.54, 1.807) is 19.1 Å². The van der Waals surface area contributed by atoms with Crippen LogP contribution in [0, 0.1) is 0 Å². The Balaban J connectivity index is 1.39. The summed E-state index contributed by atoms with van der Waals surface area (Å²) in [5.41, 5.74) is 0.684. The molecule has 1 unspecified atom stereocenters. The number of carbonyl (C=O) groups excluding carboxylic acids is 1. The van der Waals surface area contributed by atoms with Gasteiger partial charge >= 0.3 is 0 Å². The maximum absolute atomic E-state index is 12.6. The molecule has 0 bridgehead atoms. The lowest BCUT2D eigenvalue weighted by Gasteiger charge is -2.16. The number of anilines is 1. The minimum Gasteiger partial charge on any atom is -0.480 e. The molecule has 29 heavy (non-hydrogen) atoms.